The Hall–Kier alpha value is -2.29. The lowest BCUT2D eigenvalue weighted by molar-refractivity contribution is 0.416. The molecule has 1 N–H and O–H groups in total. The van der Waals surface area contributed by atoms with Gasteiger partial charge in [-0.25, -0.2) is 0 Å². The van der Waals surface area contributed by atoms with Crippen LogP contribution < -0.4 is 10.2 Å². The molecule has 0 aliphatic heterocycles. The van der Waals surface area contributed by atoms with Crippen molar-refractivity contribution in [1.82, 2.24) is 0 Å². The number of anilines is 1. The van der Waals surface area contributed by atoms with E-state index in [1.54, 1.807) is 7.11 Å². The Balaban J connectivity index is 0.00000151. The van der Waals surface area contributed by atoms with Gasteiger partial charge in [-0.05, 0) is 29.7 Å². The predicted molar refractivity (Wildman–Crippen MR) is 111 cm³/mol. The van der Waals surface area contributed by atoms with E-state index in [-0.39, 0.29) is 5.41 Å². The maximum absolute atomic E-state index is 5.43. The molecule has 2 aromatic rings. The lowest BCUT2D eigenvalue weighted by atomic mass is 9.90. The van der Waals surface area contributed by atoms with Gasteiger partial charge in [0.15, 0.2) is 0 Å². The molecular formula is C22H32N2O. The number of hydrazone groups is 1. The van der Waals surface area contributed by atoms with Gasteiger partial charge in [-0.2, -0.15) is 5.10 Å². The molecule has 3 nitrogen and oxygen atoms in total. The fraction of sp³-hybridized carbons (Fsp3) is 0.409. The molecule has 0 amide bonds. The summed E-state index contributed by atoms with van der Waals surface area (Å²) in [4.78, 5) is 0. The van der Waals surface area contributed by atoms with E-state index >= 15 is 0 Å². The van der Waals surface area contributed by atoms with Gasteiger partial charge in [0.1, 0.15) is 5.75 Å². The van der Waals surface area contributed by atoms with E-state index in [2.05, 4.69) is 55.6 Å². The van der Waals surface area contributed by atoms with Crippen LogP contribution in [0.25, 0.3) is 11.1 Å². The lowest BCUT2D eigenvalue weighted by Crippen LogP contribution is -2.13. The zero-order chi connectivity index (χ0) is 18.7. The quantitative estimate of drug-likeness (QED) is 0.454. The van der Waals surface area contributed by atoms with Crippen LogP contribution in [-0.4, -0.2) is 13.3 Å². The predicted octanol–water partition coefficient (Wildman–Crippen LogP) is 6.61. The highest BCUT2D eigenvalue weighted by atomic mass is 16.5. The Labute approximate surface area is 153 Å². The summed E-state index contributed by atoms with van der Waals surface area (Å²) in [5.41, 5.74) is 6.41. The van der Waals surface area contributed by atoms with Gasteiger partial charge < -0.3 is 4.74 Å². The summed E-state index contributed by atoms with van der Waals surface area (Å²) in [5, 5.41) is 4.42. The van der Waals surface area contributed by atoms with Crippen molar-refractivity contribution in [2.75, 3.05) is 12.5 Å². The Morgan fingerprint density at radius 1 is 1.04 bits per heavy atom. The second-order valence-corrected chi connectivity index (χ2v) is 6.39. The van der Waals surface area contributed by atoms with Gasteiger partial charge in [0.2, 0.25) is 0 Å². The Morgan fingerprint density at radius 2 is 1.72 bits per heavy atom. The number of rotatable bonds is 7. The minimum Gasteiger partial charge on any atom is -0.495 e. The molecule has 0 saturated carbocycles. The molecule has 0 radical (unpaired) electrons. The summed E-state index contributed by atoms with van der Waals surface area (Å²) >= 11 is 0. The van der Waals surface area contributed by atoms with E-state index in [1.165, 1.54) is 5.56 Å². The average Bonchev–Trinajstić information content (AvgIpc) is 2.64. The summed E-state index contributed by atoms with van der Waals surface area (Å²) < 4.78 is 5.43. The molecule has 0 aliphatic carbocycles. The fourth-order valence-corrected chi connectivity index (χ4v) is 2.59. The monoisotopic (exact) mass is 340 g/mol. The molecule has 0 atom stereocenters. The molecular weight excluding hydrogens is 308 g/mol. The van der Waals surface area contributed by atoms with Crippen molar-refractivity contribution < 1.29 is 4.74 Å². The highest BCUT2D eigenvalue weighted by Crippen LogP contribution is 2.30. The van der Waals surface area contributed by atoms with E-state index in [9.17, 15) is 0 Å². The van der Waals surface area contributed by atoms with Crippen LogP contribution in [0.1, 0.15) is 47.5 Å². The fourth-order valence-electron chi connectivity index (χ4n) is 2.59. The van der Waals surface area contributed by atoms with Crippen LogP contribution in [-0.2, 0) is 0 Å². The normalized spacial score (nSPS) is 11.0. The maximum atomic E-state index is 5.43. The standard InChI is InChI=1S/C20H26N2O.C2H6/c1-5-13-20(2,3)15-21-22-18-14-17(11-12-19(18)23-4)16-9-7-6-8-10-16;1-2/h6-12,14-15,22H,5,13H2,1-4H3;1-2H3/b21-15+;. The molecule has 0 saturated heterocycles. The second kappa shape index (κ2) is 10.5. The number of nitrogens with zero attached hydrogens (tertiary/aromatic N) is 1. The van der Waals surface area contributed by atoms with Crippen molar-refractivity contribution in [1.29, 1.82) is 0 Å². The summed E-state index contributed by atoms with van der Waals surface area (Å²) in [5.74, 6) is 0.787. The van der Waals surface area contributed by atoms with Crippen LogP contribution >= 0.6 is 0 Å². The van der Waals surface area contributed by atoms with Crippen LogP contribution in [0.15, 0.2) is 53.6 Å². The highest BCUT2D eigenvalue weighted by molar-refractivity contribution is 5.73. The third-order valence-electron chi connectivity index (χ3n) is 3.80. The van der Waals surface area contributed by atoms with Crippen molar-refractivity contribution in [2.45, 2.75) is 47.5 Å². The molecule has 0 aliphatic rings. The molecule has 136 valence electrons. The third kappa shape index (κ3) is 6.61. The van der Waals surface area contributed by atoms with Crippen molar-refractivity contribution in [2.24, 2.45) is 10.5 Å². The Kier molecular flexibility index (Phi) is 8.76. The maximum Gasteiger partial charge on any atom is 0.143 e. The molecule has 0 heterocycles. The van der Waals surface area contributed by atoms with Crippen LogP contribution in [0.2, 0.25) is 0 Å². The Morgan fingerprint density at radius 3 is 2.32 bits per heavy atom. The van der Waals surface area contributed by atoms with Crippen molar-refractivity contribution in [3.8, 4) is 16.9 Å². The lowest BCUT2D eigenvalue weighted by Gasteiger charge is -2.18. The zero-order valence-electron chi connectivity index (χ0n) is 16.5. The van der Waals surface area contributed by atoms with Gasteiger partial charge in [-0.15, -0.1) is 0 Å². The van der Waals surface area contributed by atoms with E-state index in [4.69, 9.17) is 4.74 Å². The molecule has 0 unspecified atom stereocenters. The minimum absolute atomic E-state index is 0.0893. The summed E-state index contributed by atoms with van der Waals surface area (Å²) in [6, 6.07) is 16.4. The van der Waals surface area contributed by atoms with Crippen LogP contribution in [0, 0.1) is 5.41 Å². The number of methoxy groups -OCH3 is 1. The summed E-state index contributed by atoms with van der Waals surface area (Å²) in [6.07, 6.45) is 4.23. The minimum atomic E-state index is 0.0893. The Bertz CT molecular complexity index is 648. The molecule has 0 spiro atoms. The number of benzene rings is 2. The van der Waals surface area contributed by atoms with Gasteiger partial charge in [-0.3, -0.25) is 5.43 Å². The van der Waals surface area contributed by atoms with Gasteiger partial charge >= 0.3 is 0 Å². The first-order valence-electron chi connectivity index (χ1n) is 9.09. The van der Waals surface area contributed by atoms with Gasteiger partial charge in [0, 0.05) is 11.6 Å². The number of hydrogen-bond acceptors (Lipinski definition) is 3. The second-order valence-electron chi connectivity index (χ2n) is 6.39. The van der Waals surface area contributed by atoms with Crippen LogP contribution in [0.5, 0.6) is 5.75 Å². The van der Waals surface area contributed by atoms with E-state index in [0.29, 0.717) is 0 Å². The first-order valence-corrected chi connectivity index (χ1v) is 9.09. The van der Waals surface area contributed by atoms with Crippen LogP contribution in [0.3, 0.4) is 0 Å². The van der Waals surface area contributed by atoms with Crippen molar-refractivity contribution in [3.05, 3.63) is 48.5 Å². The van der Waals surface area contributed by atoms with E-state index in [0.717, 1.165) is 29.8 Å². The largest absolute Gasteiger partial charge is 0.495 e. The molecule has 0 aromatic heterocycles. The smallest absolute Gasteiger partial charge is 0.143 e. The first-order chi connectivity index (χ1) is 12.1. The molecule has 0 fully saturated rings. The molecule has 25 heavy (non-hydrogen) atoms. The van der Waals surface area contributed by atoms with E-state index < -0.39 is 0 Å². The van der Waals surface area contributed by atoms with E-state index in [1.807, 2.05) is 44.3 Å². The summed E-state index contributed by atoms with van der Waals surface area (Å²) in [6.45, 7) is 10.6. The number of nitrogens with one attached hydrogen (secondary N) is 1. The van der Waals surface area contributed by atoms with Gasteiger partial charge in [0.25, 0.3) is 0 Å². The SMILES string of the molecule is CC.CCCC(C)(C)/C=N/Nc1cc(-c2ccccc2)ccc1OC. The van der Waals surface area contributed by atoms with Crippen molar-refractivity contribution in [3.63, 3.8) is 0 Å². The topological polar surface area (TPSA) is 33.6 Å². The molecule has 2 aromatic carbocycles. The average molecular weight is 341 g/mol. The zero-order valence-corrected chi connectivity index (χ0v) is 16.5. The highest BCUT2D eigenvalue weighted by Gasteiger charge is 2.13. The van der Waals surface area contributed by atoms with Gasteiger partial charge in [0.05, 0.1) is 12.8 Å². The molecule has 3 heteroatoms. The molecule has 0 bridgehead atoms. The first kappa shape index (κ1) is 20.8. The number of hydrogen-bond donors (Lipinski definition) is 1. The van der Waals surface area contributed by atoms with Crippen LogP contribution in [0.4, 0.5) is 5.69 Å². The van der Waals surface area contributed by atoms with Gasteiger partial charge in [-0.1, -0.05) is 77.4 Å². The molecule has 2 rings (SSSR count). The third-order valence-corrected chi connectivity index (χ3v) is 3.80. The van der Waals surface area contributed by atoms with Crippen molar-refractivity contribution >= 4 is 11.9 Å². The number of ether oxygens (including phenoxy) is 1. The summed E-state index contributed by atoms with van der Waals surface area (Å²) in [7, 11) is 1.67.